The first-order chi connectivity index (χ1) is 7.49. The molecule has 4 nitrogen and oxygen atoms in total. The summed E-state index contributed by atoms with van der Waals surface area (Å²) in [4.78, 5) is 0. The quantitative estimate of drug-likeness (QED) is 0.624. The van der Waals surface area contributed by atoms with Crippen molar-refractivity contribution in [2.24, 2.45) is 5.92 Å². The minimum absolute atomic E-state index is 0.000933. The standard InChI is InChI=1S/C10H20NO3PS/c1-5-7-16-15(12,13-6-2)14-10(8-11)9(3)4/h9-10H,5-7H2,1-4H3. The van der Waals surface area contributed by atoms with Crippen LogP contribution in [0.3, 0.4) is 0 Å². The molecule has 2 unspecified atom stereocenters. The van der Waals surface area contributed by atoms with Gasteiger partial charge in [-0.15, -0.1) is 0 Å². The zero-order chi connectivity index (χ0) is 12.6. The molecule has 0 heterocycles. The van der Waals surface area contributed by atoms with Crippen LogP contribution in [0.2, 0.25) is 0 Å². The van der Waals surface area contributed by atoms with Crippen molar-refractivity contribution in [1.29, 1.82) is 5.26 Å². The van der Waals surface area contributed by atoms with Gasteiger partial charge in [-0.25, -0.2) is 4.57 Å². The Bertz CT molecular complexity index is 278. The highest BCUT2D eigenvalue weighted by Crippen LogP contribution is 2.61. The molecular weight excluding hydrogens is 245 g/mol. The Morgan fingerprint density at radius 1 is 1.44 bits per heavy atom. The molecule has 0 saturated heterocycles. The zero-order valence-corrected chi connectivity index (χ0v) is 12.0. The van der Waals surface area contributed by atoms with Crippen LogP contribution in [0, 0.1) is 17.2 Å². The van der Waals surface area contributed by atoms with E-state index >= 15 is 0 Å². The highest BCUT2D eigenvalue weighted by atomic mass is 32.7. The molecule has 0 fully saturated rings. The highest BCUT2D eigenvalue weighted by Gasteiger charge is 2.30. The first-order valence-electron chi connectivity index (χ1n) is 5.46. The first-order valence-corrected chi connectivity index (χ1v) is 8.59. The van der Waals surface area contributed by atoms with Crippen LogP contribution in [0.25, 0.3) is 0 Å². The van der Waals surface area contributed by atoms with E-state index in [0.717, 1.165) is 6.42 Å². The van der Waals surface area contributed by atoms with Gasteiger partial charge in [-0.2, -0.15) is 5.26 Å². The summed E-state index contributed by atoms with van der Waals surface area (Å²) in [6.07, 6.45) is 0.214. The van der Waals surface area contributed by atoms with Crippen molar-refractivity contribution in [3.63, 3.8) is 0 Å². The summed E-state index contributed by atoms with van der Waals surface area (Å²) in [5.74, 6) is 0.703. The normalized spacial score (nSPS) is 16.8. The molecule has 0 aromatic carbocycles. The zero-order valence-electron chi connectivity index (χ0n) is 10.3. The van der Waals surface area contributed by atoms with Gasteiger partial charge >= 0.3 is 6.80 Å². The van der Waals surface area contributed by atoms with Crippen LogP contribution in [0.4, 0.5) is 0 Å². The molecule has 0 N–H and O–H groups in total. The highest BCUT2D eigenvalue weighted by molar-refractivity contribution is 8.55. The van der Waals surface area contributed by atoms with E-state index in [2.05, 4.69) is 0 Å². The molecule has 0 amide bonds. The second-order valence-electron chi connectivity index (χ2n) is 3.60. The minimum atomic E-state index is -3.17. The average molecular weight is 265 g/mol. The molecule has 0 aliphatic rings. The average Bonchev–Trinajstić information content (AvgIpc) is 2.23. The molecule has 2 atom stereocenters. The van der Waals surface area contributed by atoms with Gasteiger partial charge in [-0.1, -0.05) is 20.8 Å². The van der Waals surface area contributed by atoms with Crippen molar-refractivity contribution >= 4 is 18.2 Å². The summed E-state index contributed by atoms with van der Waals surface area (Å²) >= 11 is 1.17. The van der Waals surface area contributed by atoms with Crippen molar-refractivity contribution in [2.45, 2.75) is 40.2 Å². The van der Waals surface area contributed by atoms with Crippen LogP contribution in [-0.4, -0.2) is 18.5 Å². The fraction of sp³-hybridized carbons (Fsp3) is 0.900. The van der Waals surface area contributed by atoms with E-state index in [4.69, 9.17) is 14.3 Å². The Kier molecular flexibility index (Phi) is 8.13. The van der Waals surface area contributed by atoms with Crippen LogP contribution in [0.15, 0.2) is 0 Å². The molecule has 0 aromatic heterocycles. The number of hydrogen-bond acceptors (Lipinski definition) is 5. The van der Waals surface area contributed by atoms with E-state index in [-0.39, 0.29) is 5.92 Å². The number of nitriles is 1. The number of rotatable bonds is 8. The van der Waals surface area contributed by atoms with E-state index in [0.29, 0.717) is 12.4 Å². The van der Waals surface area contributed by atoms with Gasteiger partial charge in [-0.3, -0.25) is 4.52 Å². The van der Waals surface area contributed by atoms with Gasteiger partial charge in [0.1, 0.15) is 0 Å². The largest absolute Gasteiger partial charge is 0.390 e. The maximum absolute atomic E-state index is 12.2. The molecule has 0 aliphatic carbocycles. The summed E-state index contributed by atoms with van der Waals surface area (Å²) in [5.41, 5.74) is 0. The molecule has 0 rings (SSSR count). The van der Waals surface area contributed by atoms with E-state index in [1.807, 2.05) is 26.8 Å². The van der Waals surface area contributed by atoms with Crippen molar-refractivity contribution < 1.29 is 13.6 Å². The molecule has 94 valence electrons. The molecule has 0 aliphatic heterocycles. The molecule has 0 saturated carbocycles. The molecule has 0 spiro atoms. The van der Waals surface area contributed by atoms with Gasteiger partial charge in [0, 0.05) is 5.75 Å². The Labute approximate surface area is 102 Å². The lowest BCUT2D eigenvalue weighted by Gasteiger charge is -2.21. The van der Waals surface area contributed by atoms with Gasteiger partial charge in [0.2, 0.25) is 0 Å². The Morgan fingerprint density at radius 3 is 2.44 bits per heavy atom. The van der Waals surface area contributed by atoms with Crippen LogP contribution in [0.5, 0.6) is 0 Å². The van der Waals surface area contributed by atoms with Crippen molar-refractivity contribution in [3.05, 3.63) is 0 Å². The number of hydrogen-bond donors (Lipinski definition) is 0. The summed E-state index contributed by atoms with van der Waals surface area (Å²) in [6, 6.07) is 2.00. The smallest absolute Gasteiger partial charge is 0.301 e. The summed E-state index contributed by atoms with van der Waals surface area (Å²) in [5, 5.41) is 8.89. The molecule has 0 aromatic rings. The van der Waals surface area contributed by atoms with Crippen molar-refractivity contribution in [3.8, 4) is 6.07 Å². The molecule has 0 bridgehead atoms. The van der Waals surface area contributed by atoms with Crippen LogP contribution in [0.1, 0.15) is 34.1 Å². The third-order valence-corrected chi connectivity index (χ3v) is 5.75. The Hall–Kier alpha value is -0.01000. The molecule has 6 heteroatoms. The molecule has 0 radical (unpaired) electrons. The monoisotopic (exact) mass is 265 g/mol. The van der Waals surface area contributed by atoms with Crippen molar-refractivity contribution in [1.82, 2.24) is 0 Å². The predicted octanol–water partition coefficient (Wildman–Crippen LogP) is 3.84. The molecule has 16 heavy (non-hydrogen) atoms. The third-order valence-electron chi connectivity index (χ3n) is 1.72. The number of nitrogens with zero attached hydrogens (tertiary/aromatic N) is 1. The molecular formula is C10H20NO3PS. The van der Waals surface area contributed by atoms with E-state index in [1.165, 1.54) is 11.4 Å². The Morgan fingerprint density at radius 2 is 2.06 bits per heavy atom. The van der Waals surface area contributed by atoms with Crippen LogP contribution < -0.4 is 0 Å². The van der Waals surface area contributed by atoms with Gasteiger partial charge in [-0.05, 0) is 30.6 Å². The second kappa shape index (κ2) is 8.14. The summed E-state index contributed by atoms with van der Waals surface area (Å²) in [7, 11) is 0. The Balaban J connectivity index is 4.53. The summed E-state index contributed by atoms with van der Waals surface area (Å²) < 4.78 is 22.7. The lowest BCUT2D eigenvalue weighted by atomic mass is 10.1. The fourth-order valence-corrected chi connectivity index (χ4v) is 4.60. The minimum Gasteiger partial charge on any atom is -0.301 e. The maximum atomic E-state index is 12.2. The summed E-state index contributed by atoms with van der Waals surface area (Å²) in [6.45, 7) is 4.62. The fourth-order valence-electron chi connectivity index (χ4n) is 0.893. The lowest BCUT2D eigenvalue weighted by molar-refractivity contribution is 0.164. The van der Waals surface area contributed by atoms with E-state index in [1.54, 1.807) is 6.92 Å². The lowest BCUT2D eigenvalue weighted by Crippen LogP contribution is -2.16. The SMILES string of the molecule is CCCSP(=O)(OCC)OC(C#N)C(C)C. The topological polar surface area (TPSA) is 59.3 Å². The van der Waals surface area contributed by atoms with E-state index < -0.39 is 12.9 Å². The second-order valence-corrected chi connectivity index (χ2v) is 7.74. The first kappa shape index (κ1) is 16.0. The van der Waals surface area contributed by atoms with Gasteiger partial charge in [0.05, 0.1) is 12.7 Å². The van der Waals surface area contributed by atoms with E-state index in [9.17, 15) is 4.57 Å². The van der Waals surface area contributed by atoms with Crippen LogP contribution >= 0.6 is 18.2 Å². The van der Waals surface area contributed by atoms with Crippen molar-refractivity contribution in [2.75, 3.05) is 12.4 Å². The van der Waals surface area contributed by atoms with Gasteiger partial charge in [0.15, 0.2) is 6.10 Å². The third kappa shape index (κ3) is 5.91. The predicted molar refractivity (Wildman–Crippen MR) is 67.3 cm³/mol. The van der Waals surface area contributed by atoms with Gasteiger partial charge < -0.3 is 4.52 Å². The maximum Gasteiger partial charge on any atom is 0.390 e. The van der Waals surface area contributed by atoms with Crippen LogP contribution in [-0.2, 0) is 13.6 Å². The van der Waals surface area contributed by atoms with Gasteiger partial charge in [0.25, 0.3) is 0 Å².